The van der Waals surface area contributed by atoms with E-state index in [0.717, 1.165) is 17.7 Å². The van der Waals surface area contributed by atoms with Gasteiger partial charge in [-0.25, -0.2) is 4.39 Å². The highest BCUT2D eigenvalue weighted by atomic mass is 19.1. The predicted molar refractivity (Wildman–Crippen MR) is 80.7 cm³/mol. The van der Waals surface area contributed by atoms with Gasteiger partial charge in [-0.1, -0.05) is 18.2 Å². The van der Waals surface area contributed by atoms with E-state index < -0.39 is 0 Å². The van der Waals surface area contributed by atoms with Crippen LogP contribution in [0.2, 0.25) is 0 Å². The maximum absolute atomic E-state index is 13.5. The number of nitrogens with two attached hydrogens (primary N) is 1. The summed E-state index contributed by atoms with van der Waals surface area (Å²) >= 11 is 0. The van der Waals surface area contributed by atoms with Gasteiger partial charge in [-0.2, -0.15) is 0 Å². The molecular weight excluding hydrogens is 251 g/mol. The number of hydrogen-bond acceptors (Lipinski definition) is 2. The molecule has 0 bridgehead atoms. The van der Waals surface area contributed by atoms with Gasteiger partial charge in [0.05, 0.1) is 0 Å². The van der Waals surface area contributed by atoms with E-state index >= 15 is 0 Å². The summed E-state index contributed by atoms with van der Waals surface area (Å²) in [5.74, 6) is -0.235. The van der Waals surface area contributed by atoms with Crippen LogP contribution in [0.5, 0.6) is 0 Å². The Bertz CT molecular complexity index is 637. The van der Waals surface area contributed by atoms with Crippen LogP contribution in [0.15, 0.2) is 42.5 Å². The Labute approximate surface area is 119 Å². The zero-order valence-electron chi connectivity index (χ0n) is 11.8. The van der Waals surface area contributed by atoms with Crippen molar-refractivity contribution < 1.29 is 4.39 Å². The number of halogens is 1. The van der Waals surface area contributed by atoms with Crippen molar-refractivity contribution in [2.24, 2.45) is 5.73 Å². The number of rotatable bonds is 2. The van der Waals surface area contributed by atoms with E-state index in [1.807, 2.05) is 19.1 Å². The molecule has 0 fully saturated rings. The van der Waals surface area contributed by atoms with Gasteiger partial charge in [-0.05, 0) is 55.7 Å². The Balaban J connectivity index is 2.14. The SMILES string of the molecule is CC1Cc2ccccc2N1c1ccc(F)cc1[C@@H](C)N. The predicted octanol–water partition coefficient (Wildman–Crippen LogP) is 3.93. The number of nitrogens with zero attached hydrogens (tertiary/aromatic N) is 1. The van der Waals surface area contributed by atoms with Crippen LogP contribution < -0.4 is 10.6 Å². The molecule has 104 valence electrons. The molecule has 0 aliphatic carbocycles. The van der Waals surface area contributed by atoms with E-state index in [4.69, 9.17) is 5.73 Å². The molecule has 0 aromatic heterocycles. The second-order valence-corrected chi connectivity index (χ2v) is 5.54. The summed E-state index contributed by atoms with van der Waals surface area (Å²) in [6, 6.07) is 13.4. The Morgan fingerprint density at radius 2 is 1.95 bits per heavy atom. The van der Waals surface area contributed by atoms with Crippen molar-refractivity contribution in [3.05, 3.63) is 59.4 Å². The van der Waals surface area contributed by atoms with Crippen molar-refractivity contribution in [2.75, 3.05) is 4.90 Å². The summed E-state index contributed by atoms with van der Waals surface area (Å²) < 4.78 is 13.5. The molecule has 2 N–H and O–H groups in total. The van der Waals surface area contributed by atoms with Gasteiger partial charge in [0.15, 0.2) is 0 Å². The summed E-state index contributed by atoms with van der Waals surface area (Å²) in [4.78, 5) is 2.27. The Morgan fingerprint density at radius 1 is 1.20 bits per heavy atom. The van der Waals surface area contributed by atoms with Crippen LogP contribution in [0, 0.1) is 5.82 Å². The molecule has 2 aromatic carbocycles. The van der Waals surface area contributed by atoms with Crippen LogP contribution >= 0.6 is 0 Å². The van der Waals surface area contributed by atoms with Crippen LogP contribution in [0.1, 0.15) is 31.0 Å². The molecule has 2 nitrogen and oxygen atoms in total. The molecule has 3 rings (SSSR count). The van der Waals surface area contributed by atoms with Crippen molar-refractivity contribution in [1.29, 1.82) is 0 Å². The van der Waals surface area contributed by atoms with E-state index in [1.54, 1.807) is 6.07 Å². The summed E-state index contributed by atoms with van der Waals surface area (Å²) in [5.41, 5.74) is 10.4. The monoisotopic (exact) mass is 270 g/mol. The molecule has 1 heterocycles. The van der Waals surface area contributed by atoms with Crippen LogP contribution in [-0.4, -0.2) is 6.04 Å². The molecule has 0 radical (unpaired) electrons. The minimum absolute atomic E-state index is 0.194. The van der Waals surface area contributed by atoms with Crippen molar-refractivity contribution in [2.45, 2.75) is 32.4 Å². The second-order valence-electron chi connectivity index (χ2n) is 5.54. The molecule has 1 aliphatic heterocycles. The number of hydrogen-bond donors (Lipinski definition) is 1. The normalized spacial score (nSPS) is 19.0. The first-order valence-electron chi connectivity index (χ1n) is 7.00. The van der Waals surface area contributed by atoms with Gasteiger partial charge >= 0.3 is 0 Å². The van der Waals surface area contributed by atoms with Gasteiger partial charge < -0.3 is 10.6 Å². The van der Waals surface area contributed by atoms with Gasteiger partial charge in [-0.3, -0.25) is 0 Å². The number of anilines is 2. The number of para-hydroxylation sites is 1. The van der Waals surface area contributed by atoms with E-state index in [1.165, 1.54) is 17.3 Å². The lowest BCUT2D eigenvalue weighted by Crippen LogP contribution is -2.26. The fraction of sp³-hybridized carbons (Fsp3) is 0.294. The first-order chi connectivity index (χ1) is 9.58. The minimum atomic E-state index is -0.235. The Morgan fingerprint density at radius 3 is 2.70 bits per heavy atom. The third-order valence-electron chi connectivity index (χ3n) is 3.95. The van der Waals surface area contributed by atoms with Gasteiger partial charge in [0.25, 0.3) is 0 Å². The lowest BCUT2D eigenvalue weighted by molar-refractivity contribution is 0.621. The zero-order valence-corrected chi connectivity index (χ0v) is 11.8. The quantitative estimate of drug-likeness (QED) is 0.896. The lowest BCUT2D eigenvalue weighted by atomic mass is 10.0. The minimum Gasteiger partial charge on any atom is -0.338 e. The molecule has 2 atom stereocenters. The standard InChI is InChI=1S/C17H19FN2/c1-11-9-13-5-3-4-6-16(13)20(11)17-8-7-14(18)10-15(17)12(2)19/h3-8,10-12H,9,19H2,1-2H3/t11?,12-/m1/s1. The van der Waals surface area contributed by atoms with E-state index in [9.17, 15) is 4.39 Å². The van der Waals surface area contributed by atoms with Gasteiger partial charge in [0, 0.05) is 23.5 Å². The average Bonchev–Trinajstić information content (AvgIpc) is 2.74. The summed E-state index contributed by atoms with van der Waals surface area (Å²) in [6.07, 6.45) is 1.01. The fourth-order valence-electron chi connectivity index (χ4n) is 3.04. The first-order valence-corrected chi connectivity index (χ1v) is 7.00. The maximum Gasteiger partial charge on any atom is 0.123 e. The van der Waals surface area contributed by atoms with Gasteiger partial charge in [-0.15, -0.1) is 0 Å². The summed E-state index contributed by atoms with van der Waals surface area (Å²) in [7, 11) is 0. The highest BCUT2D eigenvalue weighted by Gasteiger charge is 2.28. The Hall–Kier alpha value is -1.87. The van der Waals surface area contributed by atoms with Crippen molar-refractivity contribution in [3.63, 3.8) is 0 Å². The topological polar surface area (TPSA) is 29.3 Å². The van der Waals surface area contributed by atoms with E-state index in [0.29, 0.717) is 6.04 Å². The van der Waals surface area contributed by atoms with Crippen LogP contribution in [0.4, 0.5) is 15.8 Å². The molecule has 3 heteroatoms. The lowest BCUT2D eigenvalue weighted by Gasteiger charge is -2.28. The summed E-state index contributed by atoms with van der Waals surface area (Å²) in [6.45, 7) is 4.08. The third-order valence-corrected chi connectivity index (χ3v) is 3.95. The molecule has 1 aliphatic rings. The molecule has 0 saturated carbocycles. The first kappa shape index (κ1) is 13.1. The molecule has 0 amide bonds. The van der Waals surface area contributed by atoms with E-state index in [-0.39, 0.29) is 11.9 Å². The fourth-order valence-corrected chi connectivity index (χ4v) is 3.04. The number of benzene rings is 2. The molecule has 20 heavy (non-hydrogen) atoms. The third kappa shape index (κ3) is 2.08. The van der Waals surface area contributed by atoms with Crippen LogP contribution in [0.25, 0.3) is 0 Å². The van der Waals surface area contributed by atoms with Crippen LogP contribution in [0.3, 0.4) is 0 Å². The highest BCUT2D eigenvalue weighted by molar-refractivity contribution is 5.73. The molecule has 2 aromatic rings. The van der Waals surface area contributed by atoms with Crippen molar-refractivity contribution in [3.8, 4) is 0 Å². The van der Waals surface area contributed by atoms with Crippen molar-refractivity contribution >= 4 is 11.4 Å². The van der Waals surface area contributed by atoms with Crippen LogP contribution in [-0.2, 0) is 6.42 Å². The van der Waals surface area contributed by atoms with E-state index in [2.05, 4.69) is 30.0 Å². The molecule has 0 spiro atoms. The second kappa shape index (κ2) is 4.91. The molecule has 1 unspecified atom stereocenters. The molecular formula is C17H19FN2. The molecule has 0 saturated heterocycles. The largest absolute Gasteiger partial charge is 0.338 e. The smallest absolute Gasteiger partial charge is 0.123 e. The average molecular weight is 270 g/mol. The number of fused-ring (bicyclic) bond motifs is 1. The Kier molecular flexibility index (Phi) is 3.22. The summed E-state index contributed by atoms with van der Waals surface area (Å²) in [5, 5.41) is 0. The van der Waals surface area contributed by atoms with Gasteiger partial charge in [0.2, 0.25) is 0 Å². The van der Waals surface area contributed by atoms with Crippen molar-refractivity contribution in [1.82, 2.24) is 0 Å². The van der Waals surface area contributed by atoms with Gasteiger partial charge in [0.1, 0.15) is 5.82 Å². The highest BCUT2D eigenvalue weighted by Crippen LogP contribution is 2.40. The zero-order chi connectivity index (χ0) is 14.3. The maximum atomic E-state index is 13.5.